The zero-order valence-electron chi connectivity index (χ0n) is 25.5. The van der Waals surface area contributed by atoms with Gasteiger partial charge in [0, 0.05) is 14.1 Å². The first-order valence-electron chi connectivity index (χ1n) is 12.9. The highest BCUT2D eigenvalue weighted by atomic mass is 32.2. The molecule has 0 unspecified atom stereocenters. The van der Waals surface area contributed by atoms with E-state index in [2.05, 4.69) is 25.8 Å². The van der Waals surface area contributed by atoms with E-state index >= 15 is 0 Å². The molecule has 0 bridgehead atoms. The molecule has 2 atom stereocenters. The zero-order valence-corrected chi connectivity index (χ0v) is 28.4. The van der Waals surface area contributed by atoms with Gasteiger partial charge in [0.25, 0.3) is 0 Å². The first-order valence-corrected chi connectivity index (χ1v) is 20.2. The lowest BCUT2D eigenvalue weighted by Crippen LogP contribution is -2.56. The maximum Gasteiger partial charge on any atom is 0.308 e. The monoisotopic (exact) mass is 589 g/mol. The summed E-state index contributed by atoms with van der Waals surface area (Å²) in [5.41, 5.74) is 0.192. The summed E-state index contributed by atoms with van der Waals surface area (Å²) >= 11 is 0. The Morgan fingerprint density at radius 3 is 1.97 bits per heavy atom. The highest BCUT2D eigenvalue weighted by Gasteiger charge is 2.52. The van der Waals surface area contributed by atoms with Crippen LogP contribution in [0.2, 0.25) is 36.3 Å². The minimum Gasteiger partial charge on any atom is -0.409 e. The minimum absolute atomic E-state index is 0.109. The van der Waals surface area contributed by atoms with Crippen LogP contribution in [0.5, 0.6) is 0 Å². The number of ether oxygens (including phenoxy) is 2. The molecule has 0 saturated carbocycles. The van der Waals surface area contributed by atoms with E-state index in [0.717, 1.165) is 8.28 Å². The van der Waals surface area contributed by atoms with Crippen LogP contribution in [0.3, 0.4) is 0 Å². The molecule has 13 heteroatoms. The van der Waals surface area contributed by atoms with Gasteiger partial charge in [0.1, 0.15) is 19.2 Å². The Morgan fingerprint density at radius 2 is 1.53 bits per heavy atom. The quantitative estimate of drug-likeness (QED) is 0.317. The van der Waals surface area contributed by atoms with Crippen LogP contribution in [-0.4, -0.2) is 88.3 Å². The molecule has 1 aliphatic rings. The van der Waals surface area contributed by atoms with Crippen LogP contribution in [-0.2, 0) is 28.9 Å². The summed E-state index contributed by atoms with van der Waals surface area (Å²) in [6, 6.07) is 0. The lowest BCUT2D eigenvalue weighted by atomic mass is 10.0. The molecule has 1 aromatic heterocycles. The van der Waals surface area contributed by atoms with Gasteiger partial charge in [-0.2, -0.15) is 12.7 Å². The van der Waals surface area contributed by atoms with Crippen LogP contribution in [0.25, 0.3) is 0 Å². The van der Waals surface area contributed by atoms with Gasteiger partial charge in [0.15, 0.2) is 32.1 Å². The lowest BCUT2D eigenvalue weighted by molar-refractivity contribution is -0.154. The van der Waals surface area contributed by atoms with Gasteiger partial charge in [0.2, 0.25) is 5.78 Å². The van der Waals surface area contributed by atoms with E-state index in [1.807, 2.05) is 47.0 Å². The van der Waals surface area contributed by atoms with Crippen LogP contribution in [0.1, 0.15) is 65.9 Å². The molecule has 1 aliphatic heterocycles. The van der Waals surface area contributed by atoms with Crippen molar-refractivity contribution >= 4 is 43.6 Å². The smallest absolute Gasteiger partial charge is 0.308 e. The number of aromatic nitrogens is 2. The fraction of sp³-hybridized carbons (Fsp3) is 0.800. The Labute approximate surface area is 230 Å². The lowest BCUT2D eigenvalue weighted by Gasteiger charge is -2.36. The maximum absolute atomic E-state index is 14.0. The minimum atomic E-state index is -4.12. The van der Waals surface area contributed by atoms with E-state index in [1.54, 1.807) is 13.8 Å². The van der Waals surface area contributed by atoms with Gasteiger partial charge in [-0.25, -0.2) is 8.96 Å². The normalized spacial score (nSPS) is 21.2. The van der Waals surface area contributed by atoms with E-state index in [-0.39, 0.29) is 22.4 Å². The van der Waals surface area contributed by atoms with Gasteiger partial charge in [-0.1, -0.05) is 54.6 Å². The second-order valence-electron chi connectivity index (χ2n) is 13.8. The molecule has 38 heavy (non-hydrogen) atoms. The van der Waals surface area contributed by atoms with E-state index in [4.69, 9.17) is 13.9 Å². The number of nitrogens with zero attached hydrogens (tertiary/aromatic N) is 3. The first-order chi connectivity index (χ1) is 16.8. The summed E-state index contributed by atoms with van der Waals surface area (Å²) in [6.07, 6.45) is -1.31. The predicted octanol–water partition coefficient (Wildman–Crippen LogP) is 3.55. The van der Waals surface area contributed by atoms with Crippen LogP contribution in [0.4, 0.5) is 0 Å². The molecule has 1 fully saturated rings. The molecule has 1 aromatic rings. The van der Waals surface area contributed by atoms with E-state index < -0.39 is 56.2 Å². The number of carbonyl (C=O) groups is 2. The van der Waals surface area contributed by atoms with Gasteiger partial charge in [-0.15, -0.1) is 0 Å². The number of hydrogen-bond donors (Lipinski definition) is 0. The topological polar surface area (TPSA) is 117 Å². The molecule has 0 spiro atoms. The van der Waals surface area contributed by atoms with Crippen molar-refractivity contribution < 1.29 is 31.9 Å². The molecule has 0 aromatic carbocycles. The summed E-state index contributed by atoms with van der Waals surface area (Å²) < 4.78 is 47.1. The second kappa shape index (κ2) is 10.3. The Morgan fingerprint density at radius 1 is 1.03 bits per heavy atom. The highest BCUT2D eigenvalue weighted by Crippen LogP contribution is 2.38. The van der Waals surface area contributed by atoms with Crippen molar-refractivity contribution in [3.63, 3.8) is 0 Å². The summed E-state index contributed by atoms with van der Waals surface area (Å²) in [5, 5.41) is -0.366. The Balaban J connectivity index is 2.58. The molecule has 10 nitrogen and oxygen atoms in total. The van der Waals surface area contributed by atoms with Gasteiger partial charge >= 0.3 is 10.2 Å². The fourth-order valence-corrected chi connectivity index (χ4v) is 8.17. The molecule has 0 N–H and O–H groups in total. The van der Waals surface area contributed by atoms with E-state index in [9.17, 15) is 18.0 Å². The van der Waals surface area contributed by atoms with Crippen molar-refractivity contribution in [3.8, 4) is 0 Å². The fourth-order valence-electron chi connectivity index (χ4n) is 3.54. The number of carbonyl (C=O) groups excluding carboxylic acids is 2. The van der Waals surface area contributed by atoms with Crippen molar-refractivity contribution in [1.29, 1.82) is 0 Å². The molecule has 2 rings (SSSR count). The first kappa shape index (κ1) is 33.0. The molecular weight excluding hydrogens is 543 g/mol. The molecule has 0 amide bonds. The third-order valence-electron chi connectivity index (χ3n) is 8.15. The summed E-state index contributed by atoms with van der Waals surface area (Å²) in [4.78, 5) is 31.8. The molecule has 218 valence electrons. The predicted molar refractivity (Wildman–Crippen MR) is 153 cm³/mol. The average Bonchev–Trinajstić information content (AvgIpc) is 3.31. The number of ketones is 2. The number of rotatable bonds is 9. The van der Waals surface area contributed by atoms with E-state index in [1.165, 1.54) is 20.3 Å². The number of Topliss-reactive ketones (excluding diaryl/α,β-unsaturated/α-hetero) is 2. The second-order valence-corrected chi connectivity index (χ2v) is 25.8. The Hall–Kier alpha value is -1.23. The van der Waals surface area contributed by atoms with E-state index in [0.29, 0.717) is 5.45 Å². The van der Waals surface area contributed by atoms with Crippen LogP contribution in [0.15, 0.2) is 6.20 Å². The third kappa shape index (κ3) is 6.23. The molecule has 0 aliphatic carbocycles. The number of hydrogen-bond acceptors (Lipinski definition) is 8. The standard InChI is InChI=1S/C25H47N3O7SSi2/c1-23(2,3)37(11,12)22-26-15-17(28(22)36(31,32)27(9)10)19(30)21-20(34-25(7,8)35-21)18(29)16-33-38(13,14)24(4,5)6/h15,20-21H,16H2,1-14H3/t20-,21+/m1/s1. The van der Waals surface area contributed by atoms with Gasteiger partial charge in [0.05, 0.1) is 12.8 Å². The molecule has 2 heterocycles. The van der Waals surface area contributed by atoms with Gasteiger partial charge in [-0.05, 0) is 37.0 Å². The molecular formula is C25H47N3O7SSi2. The van der Waals surface area contributed by atoms with Crippen molar-refractivity contribution in [1.82, 2.24) is 13.3 Å². The van der Waals surface area contributed by atoms with Gasteiger partial charge < -0.3 is 13.9 Å². The van der Waals surface area contributed by atoms with Crippen LogP contribution >= 0.6 is 0 Å². The molecule has 0 radical (unpaired) electrons. The van der Waals surface area contributed by atoms with Crippen LogP contribution < -0.4 is 5.45 Å². The molecule has 1 saturated heterocycles. The largest absolute Gasteiger partial charge is 0.409 e. The Kier molecular flexibility index (Phi) is 8.95. The number of imidazole rings is 1. The summed E-state index contributed by atoms with van der Waals surface area (Å²) in [7, 11) is -6.09. The van der Waals surface area contributed by atoms with Crippen molar-refractivity contribution in [3.05, 3.63) is 11.9 Å². The van der Waals surface area contributed by atoms with Crippen molar-refractivity contribution in [2.75, 3.05) is 20.7 Å². The average molecular weight is 590 g/mol. The zero-order chi connectivity index (χ0) is 29.9. The van der Waals surface area contributed by atoms with Crippen molar-refractivity contribution in [2.45, 2.75) is 110 Å². The highest BCUT2D eigenvalue weighted by molar-refractivity contribution is 7.87. The maximum atomic E-state index is 14.0. The van der Waals surface area contributed by atoms with Crippen LogP contribution in [0, 0.1) is 0 Å². The SMILES string of the molecule is CN(C)S(=O)(=O)n1c(C(=O)[C@@H]2OC(C)(C)O[C@@H]2C(=O)CO[Si](C)(C)C(C)(C)C)cnc1[Si](C)(C)C(C)(C)C. The van der Waals surface area contributed by atoms with Crippen molar-refractivity contribution in [2.24, 2.45) is 0 Å². The summed E-state index contributed by atoms with van der Waals surface area (Å²) in [6.45, 7) is 23.4. The summed E-state index contributed by atoms with van der Waals surface area (Å²) in [5.74, 6) is -2.33. The Bertz CT molecular complexity index is 1180. The van der Waals surface area contributed by atoms with Gasteiger partial charge in [-0.3, -0.25) is 9.59 Å². The third-order valence-corrected chi connectivity index (χ3v) is 19.8.